The second kappa shape index (κ2) is 7.70. The number of para-hydroxylation sites is 2. The van der Waals surface area contributed by atoms with Gasteiger partial charge in [-0.05, 0) is 37.1 Å². The molecule has 27 heavy (non-hydrogen) atoms. The van der Waals surface area contributed by atoms with Crippen LogP contribution in [0.25, 0.3) is 10.2 Å². The highest BCUT2D eigenvalue weighted by molar-refractivity contribution is 8.01. The van der Waals surface area contributed by atoms with Gasteiger partial charge in [-0.3, -0.25) is 9.59 Å². The Kier molecular flexibility index (Phi) is 5.13. The van der Waals surface area contributed by atoms with Gasteiger partial charge in [0.05, 0.1) is 16.0 Å². The number of hydrogen-bond donors (Lipinski definition) is 0. The molecule has 1 atom stereocenters. The molecule has 0 radical (unpaired) electrons. The Morgan fingerprint density at radius 2 is 2.00 bits per heavy atom. The fourth-order valence-corrected chi connectivity index (χ4v) is 5.10. The number of anilines is 1. The smallest absolute Gasteiger partial charge is 0.316 e. The molecule has 0 aliphatic carbocycles. The number of ether oxygens (including phenoxy) is 1. The van der Waals surface area contributed by atoms with Crippen LogP contribution in [0.1, 0.15) is 12.5 Å². The molecule has 0 unspecified atom stereocenters. The second-order valence-corrected chi connectivity index (χ2v) is 8.60. The molecule has 2 heterocycles. The van der Waals surface area contributed by atoms with E-state index in [0.29, 0.717) is 0 Å². The lowest BCUT2D eigenvalue weighted by Gasteiger charge is -2.22. The summed E-state index contributed by atoms with van der Waals surface area (Å²) < 4.78 is 7.11. The SMILES string of the molecule is C[C@H]1Cc2ccccc2N1C(=O)COC(=O)CSc1nc2ccccc2s1. The molecule has 1 aliphatic heterocycles. The summed E-state index contributed by atoms with van der Waals surface area (Å²) in [5, 5.41) is 0. The van der Waals surface area contributed by atoms with Crippen LogP contribution in [0.3, 0.4) is 0 Å². The number of rotatable bonds is 5. The average molecular weight is 399 g/mol. The topological polar surface area (TPSA) is 59.5 Å². The molecule has 5 nitrogen and oxygen atoms in total. The van der Waals surface area contributed by atoms with Crippen molar-refractivity contribution < 1.29 is 14.3 Å². The lowest BCUT2D eigenvalue weighted by molar-refractivity contribution is -0.145. The maximum atomic E-state index is 12.5. The van der Waals surface area contributed by atoms with Crippen LogP contribution in [-0.2, 0) is 20.7 Å². The minimum Gasteiger partial charge on any atom is -0.455 e. The van der Waals surface area contributed by atoms with E-state index in [1.807, 2.05) is 55.5 Å². The minimum absolute atomic E-state index is 0.0747. The van der Waals surface area contributed by atoms with Gasteiger partial charge < -0.3 is 9.64 Å². The molecule has 0 saturated heterocycles. The third kappa shape index (κ3) is 3.84. The fourth-order valence-electron chi connectivity index (χ4n) is 3.23. The van der Waals surface area contributed by atoms with Crippen molar-refractivity contribution in [3.8, 4) is 0 Å². The summed E-state index contributed by atoms with van der Waals surface area (Å²) in [5.41, 5.74) is 2.99. The van der Waals surface area contributed by atoms with Gasteiger partial charge in [0.1, 0.15) is 0 Å². The number of esters is 1. The van der Waals surface area contributed by atoms with E-state index in [4.69, 9.17) is 4.74 Å². The van der Waals surface area contributed by atoms with E-state index < -0.39 is 5.97 Å². The number of thiazole rings is 1. The highest BCUT2D eigenvalue weighted by Crippen LogP contribution is 2.32. The lowest BCUT2D eigenvalue weighted by atomic mass is 10.1. The van der Waals surface area contributed by atoms with Crippen molar-refractivity contribution in [2.75, 3.05) is 17.3 Å². The molecule has 1 aliphatic rings. The van der Waals surface area contributed by atoms with Gasteiger partial charge in [0, 0.05) is 11.7 Å². The molecule has 138 valence electrons. The van der Waals surface area contributed by atoms with E-state index in [9.17, 15) is 9.59 Å². The van der Waals surface area contributed by atoms with Crippen molar-refractivity contribution in [2.45, 2.75) is 23.7 Å². The molecule has 0 saturated carbocycles. The fraction of sp³-hybridized carbons (Fsp3) is 0.250. The van der Waals surface area contributed by atoms with Crippen molar-refractivity contribution >= 4 is 50.9 Å². The first-order valence-corrected chi connectivity index (χ1v) is 10.5. The Labute approximate surface area is 165 Å². The highest BCUT2D eigenvalue weighted by Gasteiger charge is 2.30. The number of amides is 1. The molecular weight excluding hydrogens is 380 g/mol. The first kappa shape index (κ1) is 18.0. The van der Waals surface area contributed by atoms with Gasteiger partial charge in [-0.2, -0.15) is 0 Å². The number of thioether (sulfide) groups is 1. The first-order chi connectivity index (χ1) is 13.1. The van der Waals surface area contributed by atoms with Crippen LogP contribution >= 0.6 is 23.1 Å². The largest absolute Gasteiger partial charge is 0.455 e. The van der Waals surface area contributed by atoms with Crippen LogP contribution < -0.4 is 4.90 Å². The number of carbonyl (C=O) groups is 2. The predicted octanol–water partition coefficient (Wildman–Crippen LogP) is 3.91. The van der Waals surface area contributed by atoms with Gasteiger partial charge in [-0.15, -0.1) is 11.3 Å². The molecule has 2 aromatic carbocycles. The zero-order chi connectivity index (χ0) is 18.8. The van der Waals surface area contributed by atoms with Crippen LogP contribution in [0.4, 0.5) is 5.69 Å². The van der Waals surface area contributed by atoms with Crippen LogP contribution in [0.5, 0.6) is 0 Å². The third-order valence-electron chi connectivity index (χ3n) is 4.42. The third-order valence-corrected chi connectivity index (χ3v) is 6.57. The zero-order valence-electron chi connectivity index (χ0n) is 14.8. The van der Waals surface area contributed by atoms with Crippen LogP contribution in [0, 0.1) is 0 Å². The highest BCUT2D eigenvalue weighted by atomic mass is 32.2. The summed E-state index contributed by atoms with van der Waals surface area (Å²) in [4.78, 5) is 30.8. The van der Waals surface area contributed by atoms with Crippen molar-refractivity contribution in [2.24, 2.45) is 0 Å². The summed E-state index contributed by atoms with van der Waals surface area (Å²) in [7, 11) is 0. The average Bonchev–Trinajstić information content (AvgIpc) is 3.23. The second-order valence-electron chi connectivity index (χ2n) is 6.34. The van der Waals surface area contributed by atoms with Crippen LogP contribution in [0.2, 0.25) is 0 Å². The molecule has 1 amide bonds. The normalized spacial score (nSPS) is 15.7. The number of hydrogen-bond acceptors (Lipinski definition) is 6. The number of benzene rings is 2. The number of aromatic nitrogens is 1. The first-order valence-electron chi connectivity index (χ1n) is 8.66. The Hall–Kier alpha value is -2.38. The standard InChI is InChI=1S/C20H18N2O3S2/c1-13-10-14-6-2-4-8-16(14)22(13)18(23)11-25-19(24)12-26-20-21-15-7-3-5-9-17(15)27-20/h2-9,13H,10-12H2,1H3/t13-/m0/s1. The van der Waals surface area contributed by atoms with Crippen molar-refractivity contribution in [1.29, 1.82) is 0 Å². The number of fused-ring (bicyclic) bond motifs is 2. The number of nitrogens with zero attached hydrogens (tertiary/aromatic N) is 2. The Bertz CT molecular complexity index is 969. The monoisotopic (exact) mass is 398 g/mol. The van der Waals surface area contributed by atoms with E-state index in [1.165, 1.54) is 11.8 Å². The molecular formula is C20H18N2O3S2. The van der Waals surface area contributed by atoms with E-state index in [-0.39, 0.29) is 24.3 Å². The van der Waals surface area contributed by atoms with E-state index in [0.717, 1.165) is 32.2 Å². The minimum atomic E-state index is -0.409. The Balaban J connectivity index is 1.31. The van der Waals surface area contributed by atoms with Gasteiger partial charge >= 0.3 is 5.97 Å². The van der Waals surface area contributed by atoms with Crippen molar-refractivity contribution in [1.82, 2.24) is 4.98 Å². The molecule has 0 spiro atoms. The predicted molar refractivity (Wildman–Crippen MR) is 108 cm³/mol. The van der Waals surface area contributed by atoms with E-state index >= 15 is 0 Å². The molecule has 3 aromatic rings. The van der Waals surface area contributed by atoms with Gasteiger partial charge in [0.2, 0.25) is 0 Å². The summed E-state index contributed by atoms with van der Waals surface area (Å²) in [6, 6.07) is 15.8. The van der Waals surface area contributed by atoms with Crippen LogP contribution in [-0.4, -0.2) is 35.3 Å². The maximum Gasteiger partial charge on any atom is 0.316 e. The summed E-state index contributed by atoms with van der Waals surface area (Å²) >= 11 is 2.88. The summed E-state index contributed by atoms with van der Waals surface area (Å²) in [6.45, 7) is 1.76. The quantitative estimate of drug-likeness (QED) is 0.482. The molecule has 1 aromatic heterocycles. The molecule has 0 fully saturated rings. The summed E-state index contributed by atoms with van der Waals surface area (Å²) in [6.07, 6.45) is 0.823. The van der Waals surface area contributed by atoms with Gasteiger partial charge in [-0.25, -0.2) is 4.98 Å². The molecule has 0 N–H and O–H groups in total. The Morgan fingerprint density at radius 1 is 1.22 bits per heavy atom. The molecule has 4 rings (SSSR count). The van der Waals surface area contributed by atoms with E-state index in [2.05, 4.69) is 4.98 Å². The van der Waals surface area contributed by atoms with Gasteiger partial charge in [0.25, 0.3) is 5.91 Å². The van der Waals surface area contributed by atoms with Crippen molar-refractivity contribution in [3.63, 3.8) is 0 Å². The maximum absolute atomic E-state index is 12.5. The molecule has 7 heteroatoms. The van der Waals surface area contributed by atoms with Gasteiger partial charge in [-0.1, -0.05) is 42.1 Å². The van der Waals surface area contributed by atoms with Crippen molar-refractivity contribution in [3.05, 3.63) is 54.1 Å². The van der Waals surface area contributed by atoms with E-state index in [1.54, 1.807) is 16.2 Å². The van der Waals surface area contributed by atoms with Gasteiger partial charge in [0.15, 0.2) is 10.9 Å². The number of carbonyl (C=O) groups excluding carboxylic acids is 2. The Morgan fingerprint density at radius 3 is 2.85 bits per heavy atom. The summed E-state index contributed by atoms with van der Waals surface area (Å²) in [5.74, 6) is -0.460. The van der Waals surface area contributed by atoms with Crippen LogP contribution in [0.15, 0.2) is 52.9 Å². The zero-order valence-corrected chi connectivity index (χ0v) is 16.4. The lowest BCUT2D eigenvalue weighted by Crippen LogP contribution is -2.38. The molecule has 0 bridgehead atoms.